The van der Waals surface area contributed by atoms with Crippen molar-refractivity contribution >= 4 is 16.8 Å². The standard InChI is InChI=1S/C22H19ClO3/c1-16-12-19(22(23)24)13-20(25-14-17-8-4-2-5-9-17)21(16)26-15-18-10-6-3-7-11-18/h2-13H,14-15H2,1H3. The fraction of sp³-hybridized carbons (Fsp3) is 0.136. The number of halogens is 1. The van der Waals surface area contributed by atoms with Crippen molar-refractivity contribution in [2.24, 2.45) is 0 Å². The molecule has 0 aliphatic rings. The molecule has 3 nitrogen and oxygen atoms in total. The zero-order valence-corrected chi connectivity index (χ0v) is 15.2. The molecule has 0 saturated carbocycles. The van der Waals surface area contributed by atoms with Crippen LogP contribution in [0, 0.1) is 6.92 Å². The maximum Gasteiger partial charge on any atom is 0.252 e. The summed E-state index contributed by atoms with van der Waals surface area (Å²) in [6.45, 7) is 2.67. The fourth-order valence-electron chi connectivity index (χ4n) is 2.61. The first-order valence-electron chi connectivity index (χ1n) is 8.31. The third-order valence-electron chi connectivity index (χ3n) is 3.93. The van der Waals surface area contributed by atoms with Crippen LogP contribution in [0.25, 0.3) is 0 Å². The summed E-state index contributed by atoms with van der Waals surface area (Å²) in [4.78, 5) is 11.6. The summed E-state index contributed by atoms with van der Waals surface area (Å²) < 4.78 is 11.9. The van der Waals surface area contributed by atoms with Crippen LogP contribution in [-0.2, 0) is 13.2 Å². The molecule has 0 N–H and O–H groups in total. The third kappa shape index (κ3) is 4.64. The average Bonchev–Trinajstić information content (AvgIpc) is 2.66. The van der Waals surface area contributed by atoms with Crippen LogP contribution in [0.15, 0.2) is 72.8 Å². The van der Waals surface area contributed by atoms with E-state index in [4.69, 9.17) is 21.1 Å². The van der Waals surface area contributed by atoms with Crippen LogP contribution < -0.4 is 9.47 Å². The van der Waals surface area contributed by atoms with Crippen molar-refractivity contribution in [1.29, 1.82) is 0 Å². The molecule has 132 valence electrons. The molecular weight excluding hydrogens is 348 g/mol. The van der Waals surface area contributed by atoms with Gasteiger partial charge in [0.1, 0.15) is 13.2 Å². The number of rotatable bonds is 7. The van der Waals surface area contributed by atoms with E-state index in [0.717, 1.165) is 16.7 Å². The highest BCUT2D eigenvalue weighted by atomic mass is 35.5. The lowest BCUT2D eigenvalue weighted by atomic mass is 10.1. The number of ether oxygens (including phenoxy) is 2. The van der Waals surface area contributed by atoms with Gasteiger partial charge in [0.05, 0.1) is 0 Å². The fourth-order valence-corrected chi connectivity index (χ4v) is 2.72. The van der Waals surface area contributed by atoms with E-state index in [1.807, 2.05) is 67.6 Å². The molecule has 26 heavy (non-hydrogen) atoms. The number of benzene rings is 3. The zero-order valence-electron chi connectivity index (χ0n) is 14.4. The molecule has 0 aliphatic carbocycles. The van der Waals surface area contributed by atoms with Crippen LogP contribution >= 0.6 is 11.6 Å². The van der Waals surface area contributed by atoms with Crippen LogP contribution in [0.4, 0.5) is 0 Å². The van der Waals surface area contributed by atoms with Crippen LogP contribution in [0.5, 0.6) is 11.5 Å². The minimum absolute atomic E-state index is 0.377. The Morgan fingerprint density at radius 2 is 1.38 bits per heavy atom. The molecule has 0 unspecified atom stereocenters. The quantitative estimate of drug-likeness (QED) is 0.515. The largest absolute Gasteiger partial charge is 0.485 e. The van der Waals surface area contributed by atoms with Crippen molar-refractivity contribution in [2.75, 3.05) is 0 Å². The Labute approximate surface area is 158 Å². The number of carbonyl (C=O) groups is 1. The van der Waals surface area contributed by atoms with Crippen molar-refractivity contribution < 1.29 is 14.3 Å². The van der Waals surface area contributed by atoms with Crippen molar-refractivity contribution in [1.82, 2.24) is 0 Å². The molecule has 0 bridgehead atoms. The van der Waals surface area contributed by atoms with E-state index in [1.165, 1.54) is 0 Å². The van der Waals surface area contributed by atoms with Gasteiger partial charge in [0, 0.05) is 5.56 Å². The number of hydrogen-bond donors (Lipinski definition) is 0. The summed E-state index contributed by atoms with van der Waals surface area (Å²) in [6.07, 6.45) is 0. The van der Waals surface area contributed by atoms with Gasteiger partial charge in [-0.25, -0.2) is 0 Å². The summed E-state index contributed by atoms with van der Waals surface area (Å²) in [6, 6.07) is 23.1. The molecule has 0 spiro atoms. The van der Waals surface area contributed by atoms with Crippen molar-refractivity contribution in [3.05, 3.63) is 95.1 Å². The Kier molecular flexibility index (Phi) is 5.92. The summed E-state index contributed by atoms with van der Waals surface area (Å²) in [5, 5.41) is -0.521. The number of aryl methyl sites for hydroxylation is 1. The van der Waals surface area contributed by atoms with E-state index in [1.54, 1.807) is 12.1 Å². The molecule has 0 atom stereocenters. The minimum Gasteiger partial charge on any atom is -0.485 e. The smallest absolute Gasteiger partial charge is 0.252 e. The highest BCUT2D eigenvalue weighted by Gasteiger charge is 2.15. The SMILES string of the molecule is Cc1cc(C(=O)Cl)cc(OCc2ccccc2)c1OCc1ccccc1. The molecule has 3 aromatic carbocycles. The van der Waals surface area contributed by atoms with Gasteiger partial charge in [0.15, 0.2) is 11.5 Å². The molecule has 0 aromatic heterocycles. The van der Waals surface area contributed by atoms with Gasteiger partial charge in [0.25, 0.3) is 5.24 Å². The Morgan fingerprint density at radius 3 is 1.92 bits per heavy atom. The number of carbonyl (C=O) groups excluding carboxylic acids is 1. The lowest BCUT2D eigenvalue weighted by molar-refractivity contribution is 0.108. The normalized spacial score (nSPS) is 10.4. The second-order valence-electron chi connectivity index (χ2n) is 5.94. The predicted molar refractivity (Wildman–Crippen MR) is 103 cm³/mol. The van der Waals surface area contributed by atoms with Crippen molar-refractivity contribution in [3.8, 4) is 11.5 Å². The zero-order chi connectivity index (χ0) is 18.4. The number of hydrogen-bond acceptors (Lipinski definition) is 3. The highest BCUT2D eigenvalue weighted by Crippen LogP contribution is 2.34. The van der Waals surface area contributed by atoms with E-state index in [-0.39, 0.29) is 0 Å². The highest BCUT2D eigenvalue weighted by molar-refractivity contribution is 6.67. The average molecular weight is 367 g/mol. The first-order chi connectivity index (χ1) is 12.6. The van der Waals surface area contributed by atoms with E-state index in [9.17, 15) is 4.79 Å². The van der Waals surface area contributed by atoms with Gasteiger partial charge in [-0.1, -0.05) is 60.7 Å². The Morgan fingerprint density at radius 1 is 0.846 bits per heavy atom. The van der Waals surface area contributed by atoms with Gasteiger partial charge < -0.3 is 9.47 Å². The van der Waals surface area contributed by atoms with Gasteiger partial charge in [-0.15, -0.1) is 0 Å². The van der Waals surface area contributed by atoms with Gasteiger partial charge in [-0.3, -0.25) is 4.79 Å². The van der Waals surface area contributed by atoms with Crippen LogP contribution in [0.3, 0.4) is 0 Å². The molecule has 3 rings (SSSR count). The van der Waals surface area contributed by atoms with Gasteiger partial charge in [0.2, 0.25) is 0 Å². The second kappa shape index (κ2) is 8.54. The first kappa shape index (κ1) is 18.0. The molecule has 0 radical (unpaired) electrons. The summed E-state index contributed by atoms with van der Waals surface area (Å²) in [7, 11) is 0. The minimum atomic E-state index is -0.521. The molecule has 0 aliphatic heterocycles. The van der Waals surface area contributed by atoms with E-state index in [2.05, 4.69) is 0 Å². The van der Waals surface area contributed by atoms with Gasteiger partial charge >= 0.3 is 0 Å². The Bertz CT molecular complexity index is 877. The maximum absolute atomic E-state index is 11.6. The first-order valence-corrected chi connectivity index (χ1v) is 8.69. The van der Waals surface area contributed by atoms with Crippen molar-refractivity contribution in [2.45, 2.75) is 20.1 Å². The molecule has 3 aromatic rings. The predicted octanol–water partition coefficient (Wildman–Crippen LogP) is 5.53. The van der Waals surface area contributed by atoms with E-state index in [0.29, 0.717) is 30.3 Å². The lowest BCUT2D eigenvalue weighted by Crippen LogP contribution is -2.04. The van der Waals surface area contributed by atoms with Crippen molar-refractivity contribution in [3.63, 3.8) is 0 Å². The van der Waals surface area contributed by atoms with Gasteiger partial charge in [-0.2, -0.15) is 0 Å². The second-order valence-corrected chi connectivity index (χ2v) is 6.29. The Balaban J connectivity index is 1.84. The molecule has 4 heteroatoms. The Hall–Kier alpha value is -2.78. The maximum atomic E-state index is 11.6. The summed E-state index contributed by atoms with van der Waals surface area (Å²) in [5.41, 5.74) is 3.27. The molecule has 0 fully saturated rings. The lowest BCUT2D eigenvalue weighted by Gasteiger charge is -2.16. The van der Waals surface area contributed by atoms with E-state index < -0.39 is 5.24 Å². The molecule has 0 amide bonds. The molecule has 0 saturated heterocycles. The topological polar surface area (TPSA) is 35.5 Å². The van der Waals surface area contributed by atoms with E-state index >= 15 is 0 Å². The monoisotopic (exact) mass is 366 g/mol. The van der Waals surface area contributed by atoms with Gasteiger partial charge in [-0.05, 0) is 47.3 Å². The molecule has 0 heterocycles. The van der Waals surface area contributed by atoms with Crippen LogP contribution in [0.2, 0.25) is 0 Å². The summed E-state index contributed by atoms with van der Waals surface area (Å²) >= 11 is 5.65. The summed E-state index contributed by atoms with van der Waals surface area (Å²) in [5.74, 6) is 1.13. The van der Waals surface area contributed by atoms with Crippen LogP contribution in [-0.4, -0.2) is 5.24 Å². The van der Waals surface area contributed by atoms with Crippen LogP contribution in [0.1, 0.15) is 27.0 Å². The molecular formula is C22H19ClO3. The third-order valence-corrected chi connectivity index (χ3v) is 4.15.